The van der Waals surface area contributed by atoms with Gasteiger partial charge < -0.3 is 4.98 Å². The van der Waals surface area contributed by atoms with Gasteiger partial charge in [-0.2, -0.15) is 0 Å². The number of benzene rings is 3. The fourth-order valence-electron chi connectivity index (χ4n) is 3.98. The zero-order valence-electron chi connectivity index (χ0n) is 16.2. The Kier molecular flexibility index (Phi) is 4.10. The van der Waals surface area contributed by atoms with Crippen molar-refractivity contribution in [2.75, 3.05) is 5.75 Å². The molecule has 29 heavy (non-hydrogen) atoms. The third-order valence-electron chi connectivity index (χ3n) is 5.94. The number of imidazole rings is 1. The molecule has 5 heteroatoms. The topological polar surface area (TPSA) is 62.8 Å². The summed E-state index contributed by atoms with van der Waals surface area (Å²) in [5.74, 6) is 1.02. The average Bonchev–Trinajstić information content (AvgIpc) is 3.46. The molecule has 1 aromatic heterocycles. The number of hydrogen-bond acceptors (Lipinski definition) is 3. The Morgan fingerprint density at radius 3 is 2.28 bits per heavy atom. The van der Waals surface area contributed by atoms with Crippen LogP contribution in [-0.4, -0.2) is 24.1 Å². The molecule has 0 aliphatic heterocycles. The number of nitrogens with one attached hydrogen (secondary N) is 1. The minimum Gasteiger partial charge on any atom is -0.341 e. The summed E-state index contributed by atoms with van der Waals surface area (Å²) in [7, 11) is -3.23. The van der Waals surface area contributed by atoms with Gasteiger partial charge in [-0.15, -0.1) is 0 Å². The number of aromatic nitrogens is 2. The van der Waals surface area contributed by atoms with Crippen LogP contribution in [-0.2, 0) is 15.3 Å². The lowest BCUT2D eigenvalue weighted by Gasteiger charge is -2.13. The lowest BCUT2D eigenvalue weighted by molar-refractivity contribution is 0.597. The van der Waals surface area contributed by atoms with Crippen molar-refractivity contribution in [3.63, 3.8) is 0 Å². The van der Waals surface area contributed by atoms with Gasteiger partial charge in [-0.1, -0.05) is 61.5 Å². The predicted octanol–water partition coefficient (Wildman–Crippen LogP) is 5.10. The molecule has 1 heterocycles. The summed E-state index contributed by atoms with van der Waals surface area (Å²) in [4.78, 5) is 8.55. The van der Waals surface area contributed by atoms with Crippen LogP contribution in [0.15, 0.2) is 77.7 Å². The van der Waals surface area contributed by atoms with Gasteiger partial charge in [0, 0.05) is 0 Å². The molecule has 1 aliphatic carbocycles. The Hall–Kier alpha value is -2.92. The summed E-state index contributed by atoms with van der Waals surface area (Å²) in [6, 6.07) is 24.2. The molecule has 146 valence electrons. The highest BCUT2D eigenvalue weighted by Gasteiger charge is 2.48. The zero-order valence-corrected chi connectivity index (χ0v) is 17.0. The molecule has 1 aliphatic rings. The van der Waals surface area contributed by atoms with Gasteiger partial charge in [0.15, 0.2) is 9.84 Å². The van der Waals surface area contributed by atoms with Crippen molar-refractivity contribution >= 4 is 20.9 Å². The van der Waals surface area contributed by atoms with Crippen LogP contribution in [0.1, 0.15) is 31.2 Å². The van der Waals surface area contributed by atoms with Crippen molar-refractivity contribution in [3.05, 3.63) is 84.2 Å². The molecule has 0 unspecified atom stereocenters. The molecule has 5 rings (SSSR count). The lowest BCUT2D eigenvalue weighted by Crippen LogP contribution is -2.10. The molecule has 3 aromatic carbocycles. The molecule has 4 aromatic rings. The number of aromatic amines is 1. The van der Waals surface area contributed by atoms with Crippen LogP contribution >= 0.6 is 0 Å². The van der Waals surface area contributed by atoms with E-state index in [1.54, 1.807) is 25.1 Å². The van der Waals surface area contributed by atoms with E-state index < -0.39 is 9.84 Å². The van der Waals surface area contributed by atoms with Gasteiger partial charge in [0.05, 0.1) is 27.1 Å². The fraction of sp³-hybridized carbons (Fsp3) is 0.208. The minimum absolute atomic E-state index is 0.0944. The summed E-state index contributed by atoms with van der Waals surface area (Å²) in [6.45, 7) is 1.66. The largest absolute Gasteiger partial charge is 0.341 e. The van der Waals surface area contributed by atoms with Gasteiger partial charge in [-0.3, -0.25) is 0 Å². The van der Waals surface area contributed by atoms with Crippen molar-refractivity contribution in [3.8, 4) is 11.1 Å². The Morgan fingerprint density at radius 2 is 1.62 bits per heavy atom. The predicted molar refractivity (Wildman–Crippen MR) is 116 cm³/mol. The maximum Gasteiger partial charge on any atom is 0.178 e. The van der Waals surface area contributed by atoms with E-state index in [0.717, 1.165) is 29.7 Å². The molecule has 0 saturated heterocycles. The Labute approximate surface area is 170 Å². The van der Waals surface area contributed by atoms with E-state index in [2.05, 4.69) is 41.4 Å². The highest BCUT2D eigenvalue weighted by molar-refractivity contribution is 7.91. The molecule has 1 saturated carbocycles. The maximum absolute atomic E-state index is 12.2. The Bertz CT molecular complexity index is 1290. The van der Waals surface area contributed by atoms with E-state index in [1.165, 1.54) is 16.7 Å². The lowest BCUT2D eigenvalue weighted by atomic mass is 9.93. The van der Waals surface area contributed by atoms with E-state index in [-0.39, 0.29) is 11.2 Å². The zero-order chi connectivity index (χ0) is 20.1. The molecular weight excluding hydrogens is 380 g/mol. The third kappa shape index (κ3) is 3.06. The molecule has 0 amide bonds. The second kappa shape index (κ2) is 6.56. The molecule has 0 radical (unpaired) electrons. The van der Waals surface area contributed by atoms with E-state index in [0.29, 0.717) is 4.90 Å². The smallest absolute Gasteiger partial charge is 0.178 e. The van der Waals surface area contributed by atoms with E-state index >= 15 is 0 Å². The van der Waals surface area contributed by atoms with Gasteiger partial charge in [0.1, 0.15) is 5.82 Å². The quantitative estimate of drug-likeness (QED) is 0.505. The van der Waals surface area contributed by atoms with E-state index in [1.807, 2.05) is 18.2 Å². The first-order chi connectivity index (χ1) is 14.0. The fourth-order valence-corrected chi connectivity index (χ4v) is 4.88. The molecule has 0 atom stereocenters. The average molecular weight is 403 g/mol. The second-order valence-electron chi connectivity index (χ2n) is 7.69. The van der Waals surface area contributed by atoms with Crippen LogP contribution in [0.5, 0.6) is 0 Å². The van der Waals surface area contributed by atoms with Crippen LogP contribution in [0, 0.1) is 0 Å². The van der Waals surface area contributed by atoms with Crippen molar-refractivity contribution in [1.82, 2.24) is 9.97 Å². The van der Waals surface area contributed by atoms with Crippen LogP contribution in [0.2, 0.25) is 0 Å². The third-order valence-corrected chi connectivity index (χ3v) is 7.67. The summed E-state index contributed by atoms with van der Waals surface area (Å²) in [5.41, 5.74) is 5.14. The van der Waals surface area contributed by atoms with Crippen LogP contribution in [0.3, 0.4) is 0 Å². The van der Waals surface area contributed by atoms with E-state index in [4.69, 9.17) is 4.98 Å². The summed E-state index contributed by atoms with van der Waals surface area (Å²) in [5, 5.41) is 0. The normalized spacial score (nSPS) is 15.5. The van der Waals surface area contributed by atoms with Gasteiger partial charge in [-0.05, 0) is 47.7 Å². The van der Waals surface area contributed by atoms with Gasteiger partial charge in [-0.25, -0.2) is 13.4 Å². The number of hydrogen-bond donors (Lipinski definition) is 1. The van der Waals surface area contributed by atoms with Gasteiger partial charge >= 0.3 is 0 Å². The first kappa shape index (κ1) is 18.1. The number of nitrogens with zero attached hydrogens (tertiary/aromatic N) is 1. The van der Waals surface area contributed by atoms with Gasteiger partial charge in [0.25, 0.3) is 0 Å². The van der Waals surface area contributed by atoms with Crippen molar-refractivity contribution < 1.29 is 8.42 Å². The molecule has 4 nitrogen and oxygen atoms in total. The first-order valence-electron chi connectivity index (χ1n) is 9.91. The molecular formula is C24H22N2O2S. The van der Waals surface area contributed by atoms with Crippen molar-refractivity contribution in [1.29, 1.82) is 0 Å². The Morgan fingerprint density at radius 1 is 0.931 bits per heavy atom. The standard InChI is InChI=1S/C24H22N2O2S/c1-2-29(27,28)20-12-13-21-22(16-20)26-23(25-21)24(14-15-24)19-10-8-18(9-11-19)17-6-4-3-5-7-17/h3-13,16H,2,14-15H2,1H3,(H,25,26). The summed E-state index contributed by atoms with van der Waals surface area (Å²) >= 11 is 0. The minimum atomic E-state index is -3.23. The SMILES string of the molecule is CCS(=O)(=O)c1ccc2nc(C3(c4ccc(-c5ccccc5)cc4)CC3)[nH]c2c1. The van der Waals surface area contributed by atoms with Crippen LogP contribution in [0.25, 0.3) is 22.2 Å². The maximum atomic E-state index is 12.2. The van der Waals surface area contributed by atoms with E-state index in [9.17, 15) is 8.42 Å². The number of sulfone groups is 1. The molecule has 0 bridgehead atoms. The highest BCUT2D eigenvalue weighted by atomic mass is 32.2. The number of fused-ring (bicyclic) bond motifs is 1. The summed E-state index contributed by atoms with van der Waals surface area (Å²) in [6.07, 6.45) is 2.08. The van der Waals surface area contributed by atoms with Gasteiger partial charge in [0.2, 0.25) is 0 Å². The number of H-pyrrole nitrogens is 1. The summed E-state index contributed by atoms with van der Waals surface area (Å²) < 4.78 is 24.4. The number of rotatable bonds is 5. The molecule has 0 spiro atoms. The molecule has 1 fully saturated rings. The molecule has 1 N–H and O–H groups in total. The monoisotopic (exact) mass is 402 g/mol. The van der Waals surface area contributed by atoms with Crippen molar-refractivity contribution in [2.24, 2.45) is 0 Å². The van der Waals surface area contributed by atoms with Crippen LogP contribution in [0.4, 0.5) is 0 Å². The van der Waals surface area contributed by atoms with Crippen LogP contribution < -0.4 is 0 Å². The first-order valence-corrected chi connectivity index (χ1v) is 11.6. The van der Waals surface area contributed by atoms with Crippen molar-refractivity contribution in [2.45, 2.75) is 30.1 Å². The Balaban J connectivity index is 1.51. The highest BCUT2D eigenvalue weighted by Crippen LogP contribution is 2.52. The second-order valence-corrected chi connectivity index (χ2v) is 9.97.